The maximum atomic E-state index is 13.2. The molecule has 0 N–H and O–H groups in total. The first kappa shape index (κ1) is 9.50. The highest BCUT2D eigenvalue weighted by Crippen LogP contribution is 2.22. The van der Waals surface area contributed by atoms with Crippen LogP contribution in [0.5, 0.6) is 0 Å². The topological polar surface area (TPSA) is 30.2 Å². The van der Waals surface area contributed by atoms with Crippen molar-refractivity contribution >= 4 is 11.0 Å². The van der Waals surface area contributed by atoms with E-state index >= 15 is 0 Å². The molecule has 0 amide bonds. The first-order valence-electron chi connectivity index (χ1n) is 6.78. The molecule has 3 rings (SSSR count). The minimum atomic E-state index is -2.89. The van der Waals surface area contributed by atoms with E-state index in [2.05, 4.69) is 0 Å². The third-order valence-electron chi connectivity index (χ3n) is 2.91. The van der Waals surface area contributed by atoms with Crippen molar-refractivity contribution in [3.8, 4) is 11.3 Å². The van der Waals surface area contributed by atoms with Crippen LogP contribution in [0.25, 0.3) is 22.3 Å². The summed E-state index contributed by atoms with van der Waals surface area (Å²) in [6, 6.07) is 14.0. The molecule has 0 aliphatic rings. The summed E-state index contributed by atoms with van der Waals surface area (Å²) >= 11 is 0. The average molecular weight is 255 g/mol. The Morgan fingerprint density at radius 2 is 1.84 bits per heavy atom. The summed E-state index contributed by atoms with van der Waals surface area (Å²) in [4.78, 5) is 12.0. The van der Waals surface area contributed by atoms with Gasteiger partial charge in [-0.2, -0.15) is 0 Å². The van der Waals surface area contributed by atoms with Crippen LogP contribution in [-0.4, -0.2) is 0 Å². The molecule has 0 atom stereocenters. The monoisotopic (exact) mass is 255 g/mol. The molecule has 19 heavy (non-hydrogen) atoms. The van der Waals surface area contributed by atoms with Gasteiger partial charge >= 0.3 is 0 Å². The fourth-order valence-corrected chi connectivity index (χ4v) is 1.94. The Labute approximate surface area is 111 Å². The molecule has 1 heterocycles. The van der Waals surface area contributed by atoms with Gasteiger partial charge in [-0.3, -0.25) is 4.79 Å². The molecule has 94 valence electrons. The summed E-state index contributed by atoms with van der Waals surface area (Å²) in [5.74, 6) is 0.365. The summed E-state index contributed by atoms with van der Waals surface area (Å²) in [6.45, 7) is -2.89. The van der Waals surface area contributed by atoms with E-state index in [0.29, 0.717) is 22.3 Å². The second kappa shape index (κ2) is 4.69. The number of hydrogen-bond acceptors (Lipinski definition) is 2. The predicted molar refractivity (Wildman–Crippen MR) is 72.7 cm³/mol. The van der Waals surface area contributed by atoms with Gasteiger partial charge in [0.25, 0.3) is 0 Å². The van der Waals surface area contributed by atoms with Crippen LogP contribution in [0.3, 0.4) is 0 Å². The zero-order valence-electron chi connectivity index (χ0n) is 11.9. The summed E-state index contributed by atoms with van der Waals surface area (Å²) < 4.78 is 32.9. The lowest BCUT2D eigenvalue weighted by atomic mass is 10.1. The van der Waals surface area contributed by atoms with Crippen LogP contribution in [-0.2, 0) is 6.63 Å². The van der Waals surface area contributed by atoms with Crippen LogP contribution in [0.1, 0.15) is 8.30 Å². The van der Waals surface area contributed by atoms with Crippen molar-refractivity contribution in [2.75, 3.05) is 0 Å². The number of para-hydroxylation sites is 1. The second-order valence-electron chi connectivity index (χ2n) is 4.14. The van der Waals surface area contributed by atoms with Crippen LogP contribution < -0.4 is 5.43 Å². The fraction of sp³-hybridized carbons (Fsp3) is 0.0625. The van der Waals surface area contributed by atoms with E-state index in [-0.39, 0.29) is 11.0 Å². The molecule has 0 saturated carbocycles. The molecule has 3 aromatic rings. The first-order valence-corrected chi connectivity index (χ1v) is 5.78. The Bertz CT molecular complexity index is 849. The lowest BCUT2D eigenvalue weighted by Crippen LogP contribution is -1.99. The molecule has 0 bridgehead atoms. The lowest BCUT2D eigenvalue weighted by Gasteiger charge is -2.03. The Hall–Kier alpha value is -2.42. The van der Waals surface area contributed by atoms with Crippen LogP contribution in [0.4, 0.5) is 4.39 Å². The number of fused-ring (bicyclic) bond motifs is 1. The van der Waals surface area contributed by atoms with Gasteiger partial charge < -0.3 is 4.42 Å². The van der Waals surface area contributed by atoms with Gasteiger partial charge in [-0.15, -0.1) is 0 Å². The van der Waals surface area contributed by atoms with E-state index in [9.17, 15) is 9.18 Å². The molecular formula is C16H11FO2. The van der Waals surface area contributed by atoms with Crippen molar-refractivity contribution in [3.63, 3.8) is 0 Å². The quantitative estimate of drug-likeness (QED) is 0.694. The number of benzene rings is 2. The third-order valence-corrected chi connectivity index (χ3v) is 2.91. The molecule has 0 aliphatic carbocycles. The Balaban J connectivity index is 2.10. The van der Waals surface area contributed by atoms with Gasteiger partial charge in [-0.05, 0) is 17.7 Å². The highest BCUT2D eigenvalue weighted by atomic mass is 18.2. The van der Waals surface area contributed by atoms with Gasteiger partial charge in [0.05, 0.1) is 8.13 Å². The minimum Gasteiger partial charge on any atom is -0.456 e. The van der Waals surface area contributed by atoms with E-state index in [0.717, 1.165) is 0 Å². The molecule has 0 unspecified atom stereocenters. The van der Waals surface area contributed by atoms with Crippen LogP contribution >= 0.6 is 0 Å². The van der Waals surface area contributed by atoms with Crippen molar-refractivity contribution < 1.29 is 11.5 Å². The van der Waals surface area contributed by atoms with E-state index in [1.54, 1.807) is 24.3 Å². The van der Waals surface area contributed by atoms with Crippen molar-refractivity contribution in [1.82, 2.24) is 0 Å². The van der Waals surface area contributed by atoms with Gasteiger partial charge in [0.1, 0.15) is 18.0 Å². The Morgan fingerprint density at radius 3 is 2.58 bits per heavy atom. The molecule has 0 radical (unpaired) electrons. The molecule has 0 fully saturated rings. The van der Waals surface area contributed by atoms with Gasteiger partial charge in [-0.1, -0.05) is 36.4 Å². The molecule has 0 aliphatic heterocycles. The highest BCUT2D eigenvalue weighted by Gasteiger charge is 2.06. The van der Waals surface area contributed by atoms with Crippen molar-refractivity contribution in [1.29, 1.82) is 0 Å². The fourth-order valence-electron chi connectivity index (χ4n) is 1.94. The van der Waals surface area contributed by atoms with Crippen LogP contribution in [0, 0.1) is 0 Å². The van der Waals surface area contributed by atoms with Gasteiger partial charge in [0.2, 0.25) is 0 Å². The summed E-state index contributed by atoms with van der Waals surface area (Å²) in [7, 11) is 0. The smallest absolute Gasteiger partial charge is 0.193 e. The predicted octanol–water partition coefficient (Wildman–Crippen LogP) is 3.93. The normalized spacial score (nSPS) is 13.1. The Kier molecular flexibility index (Phi) is 2.34. The SMILES string of the molecule is [2H]C([2H])([18F])c1ccc(-c2cc(=O)c3ccccc3o2)cc1. The van der Waals surface area contributed by atoms with Crippen molar-refractivity contribution in [2.45, 2.75) is 6.63 Å². The van der Waals surface area contributed by atoms with Crippen molar-refractivity contribution in [3.05, 3.63) is 70.4 Å². The molecule has 0 saturated heterocycles. The van der Waals surface area contributed by atoms with E-state index < -0.39 is 6.63 Å². The van der Waals surface area contributed by atoms with Gasteiger partial charge in [0, 0.05) is 11.6 Å². The summed E-state index contributed by atoms with van der Waals surface area (Å²) in [5, 5.41) is 0.498. The molecular weight excluding hydrogens is 242 g/mol. The van der Waals surface area contributed by atoms with Crippen LogP contribution in [0.2, 0.25) is 0 Å². The standard InChI is InChI=1S/C16H11FO2/c17-10-11-5-7-12(8-6-11)16-9-14(18)13-3-1-2-4-15(13)19-16/h1-9H,10H2/i10D2,17-1. The largest absolute Gasteiger partial charge is 0.456 e. The minimum absolute atomic E-state index is 0.0746. The summed E-state index contributed by atoms with van der Waals surface area (Å²) in [6.07, 6.45) is 0. The van der Waals surface area contributed by atoms with E-state index in [1.165, 1.54) is 30.3 Å². The number of alkyl halides is 1. The average Bonchev–Trinajstić information content (AvgIpc) is 2.46. The zero-order valence-corrected chi connectivity index (χ0v) is 9.89. The third kappa shape index (κ3) is 2.15. The van der Waals surface area contributed by atoms with Gasteiger partial charge in [-0.25, -0.2) is 4.39 Å². The molecule has 0 spiro atoms. The second-order valence-corrected chi connectivity index (χ2v) is 4.14. The number of hydrogen-bond donors (Lipinski definition) is 0. The maximum absolute atomic E-state index is 13.2. The van der Waals surface area contributed by atoms with Crippen molar-refractivity contribution in [2.24, 2.45) is 0 Å². The van der Waals surface area contributed by atoms with Gasteiger partial charge in [0.15, 0.2) is 5.43 Å². The number of rotatable bonds is 2. The maximum Gasteiger partial charge on any atom is 0.193 e. The Morgan fingerprint density at radius 1 is 1.11 bits per heavy atom. The highest BCUT2D eigenvalue weighted by molar-refractivity contribution is 5.78. The van der Waals surface area contributed by atoms with Crippen LogP contribution in [0.15, 0.2) is 63.8 Å². The zero-order chi connectivity index (χ0) is 15.0. The first-order chi connectivity index (χ1) is 9.95. The molecule has 1 aromatic heterocycles. The molecule has 3 heteroatoms. The van der Waals surface area contributed by atoms with E-state index in [1.807, 2.05) is 0 Å². The van der Waals surface area contributed by atoms with E-state index in [4.69, 9.17) is 7.16 Å². The number of halogens is 1. The molecule has 2 nitrogen and oxygen atoms in total. The lowest BCUT2D eigenvalue weighted by molar-refractivity contribution is 0.485. The molecule has 2 aromatic carbocycles. The summed E-state index contributed by atoms with van der Waals surface area (Å²) in [5.41, 5.74) is 0.835.